The molecule has 12 rings (SSSR count). The largest absolute Gasteiger partial charge is 0.456 e. The van der Waals surface area contributed by atoms with Crippen LogP contribution < -0.4 is 4.74 Å². The highest BCUT2D eigenvalue weighted by molar-refractivity contribution is 7.26. The molecular formula is C47H26N2OS2. The fourth-order valence-corrected chi connectivity index (χ4v) is 11.2. The van der Waals surface area contributed by atoms with E-state index in [1.54, 1.807) is 11.3 Å². The molecule has 4 heterocycles. The van der Waals surface area contributed by atoms with Crippen LogP contribution in [0.25, 0.3) is 74.2 Å². The Hall–Kier alpha value is -6.14. The molecule has 0 radical (unpaired) electrons. The first kappa shape index (κ1) is 28.5. The van der Waals surface area contributed by atoms with Gasteiger partial charge in [-0.1, -0.05) is 127 Å². The Balaban J connectivity index is 1.20. The lowest BCUT2D eigenvalue weighted by Crippen LogP contribution is -2.32. The zero-order chi connectivity index (χ0) is 34.0. The van der Waals surface area contributed by atoms with E-state index in [4.69, 9.17) is 14.7 Å². The molecule has 0 saturated carbocycles. The van der Waals surface area contributed by atoms with E-state index >= 15 is 0 Å². The molecule has 0 fully saturated rings. The second-order valence-corrected chi connectivity index (χ2v) is 15.7. The van der Waals surface area contributed by atoms with Gasteiger partial charge in [0, 0.05) is 52.5 Å². The Morgan fingerprint density at radius 2 is 1.02 bits per heavy atom. The van der Waals surface area contributed by atoms with E-state index in [0.29, 0.717) is 0 Å². The molecule has 3 nitrogen and oxygen atoms in total. The summed E-state index contributed by atoms with van der Waals surface area (Å²) in [6.07, 6.45) is 0. The van der Waals surface area contributed by atoms with Crippen molar-refractivity contribution < 1.29 is 4.74 Å². The zero-order valence-corrected chi connectivity index (χ0v) is 29.3. The summed E-state index contributed by atoms with van der Waals surface area (Å²) in [5.41, 5.74) is 10.7. The molecule has 0 unspecified atom stereocenters. The van der Waals surface area contributed by atoms with E-state index < -0.39 is 5.41 Å². The first-order valence-electron chi connectivity index (χ1n) is 17.5. The fraction of sp³-hybridized carbons (Fsp3) is 0.0213. The molecule has 5 heteroatoms. The van der Waals surface area contributed by atoms with Crippen LogP contribution in [-0.4, -0.2) is 9.97 Å². The highest BCUT2D eigenvalue weighted by Crippen LogP contribution is 2.63. The lowest BCUT2D eigenvalue weighted by atomic mass is 9.65. The third-order valence-electron chi connectivity index (χ3n) is 11.0. The molecule has 10 aromatic rings. The van der Waals surface area contributed by atoms with Crippen LogP contribution in [0.15, 0.2) is 158 Å². The standard InChI is InChI=1S/C47H26N2OS2/c1-5-19-33-27(13-1)28-14-2-6-20-34(28)47(33)35-21-7-8-23-37(35)50-44-32(18-11-22-36(44)47)43-45-42(30-16-4-10-25-39(30)52-45)48-46(49-43)31-17-12-26-40-41(31)29-15-3-9-24-38(29)51-40/h1-26H. The number of fused-ring (bicyclic) bond motifs is 15. The average molecular weight is 699 g/mol. The maximum absolute atomic E-state index is 7.11. The molecule has 0 atom stereocenters. The molecular weight excluding hydrogens is 673 g/mol. The molecule has 0 amide bonds. The van der Waals surface area contributed by atoms with Crippen LogP contribution in [0.3, 0.4) is 0 Å². The molecule has 3 aromatic heterocycles. The van der Waals surface area contributed by atoms with Gasteiger partial charge in [0.05, 0.1) is 21.3 Å². The predicted octanol–water partition coefficient (Wildman–Crippen LogP) is 13.0. The van der Waals surface area contributed by atoms with Crippen LogP contribution >= 0.6 is 22.7 Å². The predicted molar refractivity (Wildman–Crippen MR) is 216 cm³/mol. The smallest absolute Gasteiger partial charge is 0.161 e. The number of para-hydroxylation sites is 2. The number of thiophene rings is 2. The summed E-state index contributed by atoms with van der Waals surface area (Å²) in [6.45, 7) is 0. The van der Waals surface area contributed by atoms with Gasteiger partial charge in [-0.3, -0.25) is 0 Å². The van der Waals surface area contributed by atoms with Crippen molar-refractivity contribution in [3.05, 3.63) is 180 Å². The number of nitrogens with zero attached hydrogens (tertiary/aromatic N) is 2. The molecule has 0 N–H and O–H groups in total. The second kappa shape index (κ2) is 10.5. The van der Waals surface area contributed by atoms with E-state index in [1.165, 1.54) is 47.1 Å². The van der Waals surface area contributed by atoms with Crippen LogP contribution in [0.1, 0.15) is 22.3 Å². The molecule has 1 aliphatic carbocycles. The van der Waals surface area contributed by atoms with Gasteiger partial charge in [-0.25, -0.2) is 9.97 Å². The SMILES string of the molecule is c1ccc2c(c1)Oc1c(-c3nc(-c4cccc5sc6ccccc6c45)nc4c3sc3ccccc34)cccc1C21c2ccccc2-c2ccccc21. The first-order valence-corrected chi connectivity index (χ1v) is 19.1. The van der Waals surface area contributed by atoms with Crippen molar-refractivity contribution in [3.8, 4) is 45.3 Å². The lowest BCUT2D eigenvalue weighted by Gasteiger charge is -2.40. The molecule has 242 valence electrons. The second-order valence-electron chi connectivity index (χ2n) is 13.6. The topological polar surface area (TPSA) is 35.0 Å². The molecule has 1 spiro atoms. The first-order chi connectivity index (χ1) is 25.8. The zero-order valence-electron chi connectivity index (χ0n) is 27.6. The van der Waals surface area contributed by atoms with Crippen LogP contribution in [0.2, 0.25) is 0 Å². The van der Waals surface area contributed by atoms with E-state index in [-0.39, 0.29) is 0 Å². The van der Waals surface area contributed by atoms with E-state index in [9.17, 15) is 0 Å². The Kier molecular flexibility index (Phi) is 5.74. The lowest BCUT2D eigenvalue weighted by molar-refractivity contribution is 0.438. The van der Waals surface area contributed by atoms with Gasteiger partial charge in [0.15, 0.2) is 5.82 Å². The Morgan fingerprint density at radius 3 is 1.83 bits per heavy atom. The highest BCUT2D eigenvalue weighted by atomic mass is 32.1. The molecule has 1 aliphatic heterocycles. The van der Waals surface area contributed by atoms with Gasteiger partial charge in [0.2, 0.25) is 0 Å². The summed E-state index contributed by atoms with van der Waals surface area (Å²) < 4.78 is 11.9. The van der Waals surface area contributed by atoms with Gasteiger partial charge in [0.1, 0.15) is 11.5 Å². The number of benzene rings is 7. The number of rotatable bonds is 2. The van der Waals surface area contributed by atoms with Crippen LogP contribution in [-0.2, 0) is 5.41 Å². The Bertz CT molecular complexity index is 3090. The quantitative estimate of drug-likeness (QED) is 0.180. The Labute approximate surface area is 307 Å². The summed E-state index contributed by atoms with van der Waals surface area (Å²) in [6, 6.07) is 56.7. The van der Waals surface area contributed by atoms with Crippen molar-refractivity contribution in [1.82, 2.24) is 9.97 Å². The highest BCUT2D eigenvalue weighted by Gasteiger charge is 2.51. The van der Waals surface area contributed by atoms with Gasteiger partial charge in [-0.05, 0) is 52.6 Å². The molecule has 52 heavy (non-hydrogen) atoms. The molecule has 0 bridgehead atoms. The van der Waals surface area contributed by atoms with Gasteiger partial charge in [0.25, 0.3) is 0 Å². The third-order valence-corrected chi connectivity index (χ3v) is 13.3. The molecule has 7 aromatic carbocycles. The molecule has 2 aliphatic rings. The van der Waals surface area contributed by atoms with E-state index in [0.717, 1.165) is 60.9 Å². The number of hydrogen-bond acceptors (Lipinski definition) is 5. The summed E-state index contributed by atoms with van der Waals surface area (Å²) in [5, 5.41) is 3.57. The summed E-state index contributed by atoms with van der Waals surface area (Å²) >= 11 is 3.57. The summed E-state index contributed by atoms with van der Waals surface area (Å²) in [5.74, 6) is 2.43. The summed E-state index contributed by atoms with van der Waals surface area (Å²) in [4.78, 5) is 11.0. The number of ether oxygens (including phenoxy) is 1. The van der Waals surface area contributed by atoms with Crippen molar-refractivity contribution >= 4 is 63.1 Å². The van der Waals surface area contributed by atoms with Crippen LogP contribution in [0.4, 0.5) is 0 Å². The van der Waals surface area contributed by atoms with Gasteiger partial charge in [-0.15, -0.1) is 22.7 Å². The van der Waals surface area contributed by atoms with Crippen molar-refractivity contribution in [3.63, 3.8) is 0 Å². The minimum Gasteiger partial charge on any atom is -0.456 e. The average Bonchev–Trinajstić information content (AvgIpc) is 3.87. The Morgan fingerprint density at radius 1 is 0.442 bits per heavy atom. The number of aromatic nitrogens is 2. The van der Waals surface area contributed by atoms with Crippen molar-refractivity contribution in [1.29, 1.82) is 0 Å². The summed E-state index contributed by atoms with van der Waals surface area (Å²) in [7, 11) is 0. The maximum atomic E-state index is 7.11. The van der Waals surface area contributed by atoms with E-state index in [2.05, 4.69) is 158 Å². The van der Waals surface area contributed by atoms with Crippen LogP contribution in [0, 0.1) is 0 Å². The number of hydrogen-bond donors (Lipinski definition) is 0. The van der Waals surface area contributed by atoms with Gasteiger partial charge < -0.3 is 4.74 Å². The maximum Gasteiger partial charge on any atom is 0.161 e. The van der Waals surface area contributed by atoms with Gasteiger partial charge in [-0.2, -0.15) is 0 Å². The van der Waals surface area contributed by atoms with E-state index in [1.807, 2.05) is 11.3 Å². The minimum absolute atomic E-state index is 0.552. The third kappa shape index (κ3) is 3.64. The minimum atomic E-state index is -0.552. The van der Waals surface area contributed by atoms with Gasteiger partial charge >= 0.3 is 0 Å². The monoisotopic (exact) mass is 698 g/mol. The van der Waals surface area contributed by atoms with Crippen molar-refractivity contribution in [2.45, 2.75) is 5.41 Å². The van der Waals surface area contributed by atoms with Crippen molar-refractivity contribution in [2.24, 2.45) is 0 Å². The normalized spacial score (nSPS) is 13.7. The van der Waals surface area contributed by atoms with Crippen LogP contribution in [0.5, 0.6) is 11.5 Å². The fourth-order valence-electron chi connectivity index (χ4n) is 8.92. The van der Waals surface area contributed by atoms with Crippen molar-refractivity contribution in [2.75, 3.05) is 0 Å². The molecule has 0 saturated heterocycles.